The smallest absolute Gasteiger partial charge is 0.350 e. The van der Waals surface area contributed by atoms with Gasteiger partial charge in [0, 0.05) is 6.04 Å². The fourth-order valence-electron chi connectivity index (χ4n) is 2.46. The molecule has 0 saturated heterocycles. The van der Waals surface area contributed by atoms with Crippen molar-refractivity contribution in [3.05, 3.63) is 10.9 Å². The molecule has 0 spiro atoms. The van der Waals surface area contributed by atoms with Crippen molar-refractivity contribution in [1.29, 1.82) is 0 Å². The maximum Gasteiger partial charge on any atom is 0.350 e. The molecule has 0 atom stereocenters. The Labute approximate surface area is 118 Å². The van der Waals surface area contributed by atoms with Crippen molar-refractivity contribution in [2.24, 2.45) is 0 Å². The number of anilines is 2. The van der Waals surface area contributed by atoms with Gasteiger partial charge in [0.1, 0.15) is 4.88 Å². The molecule has 19 heavy (non-hydrogen) atoms. The van der Waals surface area contributed by atoms with E-state index in [4.69, 9.17) is 10.5 Å². The average Bonchev–Trinajstić information content (AvgIpc) is 2.59. The fourth-order valence-corrected chi connectivity index (χ4v) is 3.41. The Morgan fingerprint density at radius 1 is 1.42 bits per heavy atom. The Hall–Kier alpha value is -1.23. The Bertz CT molecular complexity index is 423. The normalized spacial score (nSPS) is 16.9. The summed E-state index contributed by atoms with van der Waals surface area (Å²) in [7, 11) is 0. The number of esters is 1. The van der Waals surface area contributed by atoms with Gasteiger partial charge in [-0.3, -0.25) is 0 Å². The highest BCUT2D eigenvalue weighted by Gasteiger charge is 2.18. The van der Waals surface area contributed by atoms with Crippen LogP contribution in [0.15, 0.2) is 6.07 Å². The SMILES string of the molecule is CCOC(=O)c1sc(NC2CCCCCC2)cc1N. The van der Waals surface area contributed by atoms with Gasteiger partial charge in [-0.2, -0.15) is 0 Å². The summed E-state index contributed by atoms with van der Waals surface area (Å²) < 4.78 is 5.00. The molecule has 1 fully saturated rings. The van der Waals surface area contributed by atoms with E-state index in [1.54, 1.807) is 6.92 Å². The summed E-state index contributed by atoms with van der Waals surface area (Å²) in [5, 5.41) is 4.49. The molecule has 0 aromatic carbocycles. The van der Waals surface area contributed by atoms with Gasteiger partial charge in [-0.25, -0.2) is 4.79 Å². The Morgan fingerprint density at radius 2 is 2.11 bits per heavy atom. The third-order valence-electron chi connectivity index (χ3n) is 3.42. The van der Waals surface area contributed by atoms with Gasteiger partial charge in [-0.05, 0) is 25.8 Å². The zero-order valence-electron chi connectivity index (χ0n) is 11.4. The van der Waals surface area contributed by atoms with Gasteiger partial charge in [0.2, 0.25) is 0 Å². The van der Waals surface area contributed by atoms with Crippen LogP contribution in [0.2, 0.25) is 0 Å². The van der Waals surface area contributed by atoms with Gasteiger partial charge < -0.3 is 15.8 Å². The lowest BCUT2D eigenvalue weighted by atomic mass is 10.1. The fraction of sp³-hybridized carbons (Fsp3) is 0.643. The van der Waals surface area contributed by atoms with E-state index in [9.17, 15) is 4.79 Å². The number of hydrogen-bond acceptors (Lipinski definition) is 5. The van der Waals surface area contributed by atoms with Crippen LogP contribution in [-0.4, -0.2) is 18.6 Å². The van der Waals surface area contributed by atoms with Crippen molar-refractivity contribution in [2.75, 3.05) is 17.7 Å². The van der Waals surface area contributed by atoms with E-state index in [-0.39, 0.29) is 5.97 Å². The first-order valence-electron chi connectivity index (χ1n) is 7.03. The number of nitrogens with one attached hydrogen (secondary N) is 1. The quantitative estimate of drug-likeness (QED) is 0.653. The third kappa shape index (κ3) is 3.86. The molecule has 1 aliphatic carbocycles. The van der Waals surface area contributed by atoms with E-state index >= 15 is 0 Å². The summed E-state index contributed by atoms with van der Waals surface area (Å²) in [5.74, 6) is -0.320. The Balaban J connectivity index is 2.00. The molecule has 106 valence electrons. The summed E-state index contributed by atoms with van der Waals surface area (Å²) in [6.07, 6.45) is 7.63. The average molecular weight is 282 g/mol. The number of carbonyl (C=O) groups is 1. The molecule has 1 saturated carbocycles. The minimum absolute atomic E-state index is 0.320. The lowest BCUT2D eigenvalue weighted by molar-refractivity contribution is 0.0533. The van der Waals surface area contributed by atoms with Crippen LogP contribution >= 0.6 is 11.3 Å². The summed E-state index contributed by atoms with van der Waals surface area (Å²) >= 11 is 1.40. The minimum Gasteiger partial charge on any atom is -0.462 e. The van der Waals surface area contributed by atoms with Crippen molar-refractivity contribution in [1.82, 2.24) is 0 Å². The zero-order valence-corrected chi connectivity index (χ0v) is 12.2. The largest absolute Gasteiger partial charge is 0.462 e. The van der Waals surface area contributed by atoms with Gasteiger partial charge in [0.05, 0.1) is 17.3 Å². The van der Waals surface area contributed by atoms with Crippen molar-refractivity contribution in [3.63, 3.8) is 0 Å². The summed E-state index contributed by atoms with van der Waals surface area (Å²) in [6, 6.07) is 2.36. The molecule has 0 amide bonds. The topological polar surface area (TPSA) is 64.3 Å². The summed E-state index contributed by atoms with van der Waals surface area (Å²) in [4.78, 5) is 12.2. The lowest BCUT2D eigenvalue weighted by Crippen LogP contribution is -2.17. The first-order valence-corrected chi connectivity index (χ1v) is 7.85. The van der Waals surface area contributed by atoms with E-state index in [2.05, 4.69) is 5.32 Å². The maximum absolute atomic E-state index is 11.7. The number of rotatable bonds is 4. The molecule has 0 unspecified atom stereocenters. The van der Waals surface area contributed by atoms with Crippen LogP contribution < -0.4 is 11.1 Å². The Kier molecular flexibility index (Phi) is 5.07. The highest BCUT2D eigenvalue weighted by molar-refractivity contribution is 7.18. The maximum atomic E-state index is 11.7. The van der Waals surface area contributed by atoms with Crippen LogP contribution in [0.3, 0.4) is 0 Å². The predicted molar refractivity (Wildman–Crippen MR) is 79.8 cm³/mol. The summed E-state index contributed by atoms with van der Waals surface area (Å²) in [6.45, 7) is 2.17. The predicted octanol–water partition coefficient (Wildman–Crippen LogP) is 3.64. The van der Waals surface area contributed by atoms with Gasteiger partial charge in [0.15, 0.2) is 0 Å². The van der Waals surface area contributed by atoms with Crippen LogP contribution in [0.5, 0.6) is 0 Å². The molecule has 0 bridgehead atoms. The minimum atomic E-state index is -0.320. The van der Waals surface area contributed by atoms with E-state index in [0.29, 0.717) is 23.2 Å². The molecule has 1 heterocycles. The molecule has 1 aromatic rings. The van der Waals surface area contributed by atoms with Crippen LogP contribution in [0, 0.1) is 0 Å². The van der Waals surface area contributed by atoms with Crippen molar-refractivity contribution in [2.45, 2.75) is 51.5 Å². The number of nitrogens with two attached hydrogens (primary N) is 1. The van der Waals surface area contributed by atoms with Crippen LogP contribution in [0.4, 0.5) is 10.7 Å². The van der Waals surface area contributed by atoms with Crippen molar-refractivity contribution < 1.29 is 9.53 Å². The molecule has 2 rings (SSSR count). The number of thiophene rings is 1. The highest BCUT2D eigenvalue weighted by atomic mass is 32.1. The summed E-state index contributed by atoms with van der Waals surface area (Å²) in [5.41, 5.74) is 6.39. The first kappa shape index (κ1) is 14.2. The van der Waals surface area contributed by atoms with Crippen molar-refractivity contribution >= 4 is 28.0 Å². The van der Waals surface area contributed by atoms with Crippen LogP contribution in [0.25, 0.3) is 0 Å². The number of nitrogen functional groups attached to an aromatic ring is 1. The first-order chi connectivity index (χ1) is 9.20. The monoisotopic (exact) mass is 282 g/mol. The Morgan fingerprint density at radius 3 is 2.74 bits per heavy atom. The van der Waals surface area contributed by atoms with Crippen molar-refractivity contribution in [3.8, 4) is 0 Å². The molecule has 4 nitrogen and oxygen atoms in total. The number of hydrogen-bond donors (Lipinski definition) is 2. The third-order valence-corrected chi connectivity index (χ3v) is 4.49. The van der Waals surface area contributed by atoms with Crippen LogP contribution in [0.1, 0.15) is 55.1 Å². The number of ether oxygens (including phenoxy) is 1. The second-order valence-corrected chi connectivity index (χ2v) is 6.00. The van der Waals surface area contributed by atoms with Gasteiger partial charge >= 0.3 is 5.97 Å². The molecule has 3 N–H and O–H groups in total. The number of carbonyl (C=O) groups excluding carboxylic acids is 1. The zero-order chi connectivity index (χ0) is 13.7. The molecule has 5 heteroatoms. The van der Waals surface area contributed by atoms with Gasteiger partial charge in [-0.15, -0.1) is 11.3 Å². The van der Waals surface area contributed by atoms with Gasteiger partial charge in [0.25, 0.3) is 0 Å². The van der Waals surface area contributed by atoms with E-state index in [1.165, 1.54) is 49.9 Å². The lowest BCUT2D eigenvalue weighted by Gasteiger charge is -2.15. The standard InChI is InChI=1S/C14H22N2O2S/c1-2-18-14(17)13-11(15)9-12(19-13)16-10-7-5-3-4-6-8-10/h9-10,16H,2-8,15H2,1H3. The highest BCUT2D eigenvalue weighted by Crippen LogP contribution is 2.32. The van der Waals surface area contributed by atoms with E-state index < -0.39 is 0 Å². The molecular weight excluding hydrogens is 260 g/mol. The molecule has 1 aliphatic rings. The van der Waals surface area contributed by atoms with E-state index in [1.807, 2.05) is 6.07 Å². The molecule has 0 aliphatic heterocycles. The van der Waals surface area contributed by atoms with Crippen LogP contribution in [-0.2, 0) is 4.74 Å². The molecule has 1 aromatic heterocycles. The second-order valence-electron chi connectivity index (χ2n) is 4.95. The van der Waals surface area contributed by atoms with E-state index in [0.717, 1.165) is 5.00 Å². The van der Waals surface area contributed by atoms with Gasteiger partial charge in [-0.1, -0.05) is 25.7 Å². The second kappa shape index (κ2) is 6.80. The molecule has 0 radical (unpaired) electrons. The molecular formula is C14H22N2O2S.